The molecule has 1 aromatic heterocycles. The summed E-state index contributed by atoms with van der Waals surface area (Å²) in [5.41, 5.74) is 5.84. The SMILES string of the molecule is CC(C)CNc1nc(N)c(C(=O)NC(C)C(C)(C)C)s1. The van der Waals surface area contributed by atoms with Crippen LogP contribution in [0.5, 0.6) is 0 Å². The van der Waals surface area contributed by atoms with Gasteiger partial charge in [0.25, 0.3) is 5.91 Å². The predicted octanol–water partition coefficient (Wildman–Crippen LogP) is 2.96. The number of rotatable bonds is 5. The zero-order chi connectivity index (χ0) is 15.5. The smallest absolute Gasteiger partial charge is 0.265 e. The Morgan fingerprint density at radius 2 is 1.95 bits per heavy atom. The fourth-order valence-corrected chi connectivity index (χ4v) is 2.14. The summed E-state index contributed by atoms with van der Waals surface area (Å²) in [7, 11) is 0. The number of nitrogens with two attached hydrogens (primary N) is 1. The van der Waals surface area contributed by atoms with E-state index in [9.17, 15) is 4.79 Å². The second kappa shape index (κ2) is 6.43. The Bertz CT molecular complexity index is 462. The Labute approximate surface area is 125 Å². The van der Waals surface area contributed by atoms with E-state index in [0.717, 1.165) is 6.54 Å². The van der Waals surface area contributed by atoms with Crippen molar-refractivity contribution < 1.29 is 4.79 Å². The number of hydrogen-bond acceptors (Lipinski definition) is 5. The summed E-state index contributed by atoms with van der Waals surface area (Å²) in [5, 5.41) is 6.87. The third-order valence-electron chi connectivity index (χ3n) is 3.17. The maximum absolute atomic E-state index is 12.2. The molecule has 0 spiro atoms. The molecule has 20 heavy (non-hydrogen) atoms. The van der Waals surface area contributed by atoms with Crippen molar-refractivity contribution in [3.05, 3.63) is 4.88 Å². The molecule has 1 rings (SSSR count). The van der Waals surface area contributed by atoms with E-state index in [4.69, 9.17) is 5.73 Å². The molecule has 114 valence electrons. The van der Waals surface area contributed by atoms with Gasteiger partial charge >= 0.3 is 0 Å². The van der Waals surface area contributed by atoms with Gasteiger partial charge in [-0.05, 0) is 18.3 Å². The Morgan fingerprint density at radius 3 is 2.45 bits per heavy atom. The van der Waals surface area contributed by atoms with Crippen molar-refractivity contribution in [2.24, 2.45) is 11.3 Å². The summed E-state index contributed by atoms with van der Waals surface area (Å²) in [6.07, 6.45) is 0. The molecule has 5 nitrogen and oxygen atoms in total. The van der Waals surface area contributed by atoms with E-state index in [1.165, 1.54) is 11.3 Å². The van der Waals surface area contributed by atoms with E-state index in [-0.39, 0.29) is 17.4 Å². The van der Waals surface area contributed by atoms with Crippen molar-refractivity contribution in [3.8, 4) is 0 Å². The third kappa shape index (κ3) is 4.67. The van der Waals surface area contributed by atoms with Gasteiger partial charge in [0.2, 0.25) is 0 Å². The largest absolute Gasteiger partial charge is 0.382 e. The minimum atomic E-state index is -0.153. The lowest BCUT2D eigenvalue weighted by Crippen LogP contribution is -2.41. The lowest BCUT2D eigenvalue weighted by atomic mass is 9.88. The molecule has 1 atom stereocenters. The van der Waals surface area contributed by atoms with Crippen LogP contribution in [0.2, 0.25) is 0 Å². The Morgan fingerprint density at radius 1 is 1.35 bits per heavy atom. The second-order valence-electron chi connectivity index (χ2n) is 6.57. The maximum Gasteiger partial charge on any atom is 0.265 e. The van der Waals surface area contributed by atoms with E-state index in [2.05, 4.69) is 50.2 Å². The molecule has 0 saturated heterocycles. The van der Waals surface area contributed by atoms with Crippen molar-refractivity contribution in [1.82, 2.24) is 10.3 Å². The molecule has 6 heteroatoms. The van der Waals surface area contributed by atoms with E-state index >= 15 is 0 Å². The number of anilines is 2. The summed E-state index contributed by atoms with van der Waals surface area (Å²) in [4.78, 5) is 16.9. The summed E-state index contributed by atoms with van der Waals surface area (Å²) < 4.78 is 0. The van der Waals surface area contributed by atoms with Crippen LogP contribution in [0.25, 0.3) is 0 Å². The summed E-state index contributed by atoms with van der Waals surface area (Å²) in [6.45, 7) is 13.3. The van der Waals surface area contributed by atoms with Crippen LogP contribution in [0.15, 0.2) is 0 Å². The molecule has 4 N–H and O–H groups in total. The topological polar surface area (TPSA) is 80.0 Å². The van der Waals surface area contributed by atoms with Crippen LogP contribution in [0.1, 0.15) is 51.2 Å². The van der Waals surface area contributed by atoms with Crippen LogP contribution in [-0.2, 0) is 0 Å². The number of nitrogen functional groups attached to an aromatic ring is 1. The van der Waals surface area contributed by atoms with Gasteiger partial charge in [-0.25, -0.2) is 4.98 Å². The van der Waals surface area contributed by atoms with Gasteiger partial charge in [0.15, 0.2) is 5.13 Å². The molecule has 0 saturated carbocycles. The first-order valence-electron chi connectivity index (χ1n) is 6.92. The van der Waals surface area contributed by atoms with Crippen LogP contribution in [-0.4, -0.2) is 23.5 Å². The second-order valence-corrected chi connectivity index (χ2v) is 7.57. The van der Waals surface area contributed by atoms with Gasteiger partial charge in [0.1, 0.15) is 10.7 Å². The quantitative estimate of drug-likeness (QED) is 0.780. The van der Waals surface area contributed by atoms with E-state index < -0.39 is 0 Å². The number of nitrogens with zero attached hydrogens (tertiary/aromatic N) is 1. The highest BCUT2D eigenvalue weighted by Crippen LogP contribution is 2.26. The van der Waals surface area contributed by atoms with Crippen LogP contribution < -0.4 is 16.4 Å². The highest BCUT2D eigenvalue weighted by atomic mass is 32.1. The van der Waals surface area contributed by atoms with Gasteiger partial charge in [-0.2, -0.15) is 0 Å². The average molecular weight is 298 g/mol. The summed E-state index contributed by atoms with van der Waals surface area (Å²) in [6, 6.07) is 0.0589. The van der Waals surface area contributed by atoms with Crippen LogP contribution >= 0.6 is 11.3 Å². The molecular formula is C14H26N4OS. The fourth-order valence-electron chi connectivity index (χ4n) is 1.34. The molecule has 1 heterocycles. The maximum atomic E-state index is 12.2. The molecule has 0 aliphatic heterocycles. The lowest BCUT2D eigenvalue weighted by molar-refractivity contribution is 0.0915. The fraction of sp³-hybridized carbons (Fsp3) is 0.714. The Hall–Kier alpha value is -1.30. The highest BCUT2D eigenvalue weighted by Gasteiger charge is 2.24. The zero-order valence-corrected chi connectivity index (χ0v) is 14.0. The van der Waals surface area contributed by atoms with Crippen LogP contribution in [0.4, 0.5) is 10.9 Å². The van der Waals surface area contributed by atoms with Crippen LogP contribution in [0.3, 0.4) is 0 Å². The number of carbonyl (C=O) groups is 1. The predicted molar refractivity (Wildman–Crippen MR) is 86.2 cm³/mol. The molecule has 1 aromatic rings. The number of amides is 1. The van der Waals surface area contributed by atoms with Gasteiger partial charge in [-0.1, -0.05) is 46.0 Å². The number of aromatic nitrogens is 1. The first kappa shape index (κ1) is 16.8. The van der Waals surface area contributed by atoms with Crippen molar-refractivity contribution in [3.63, 3.8) is 0 Å². The first-order chi connectivity index (χ1) is 9.11. The molecule has 0 aliphatic rings. The summed E-state index contributed by atoms with van der Waals surface area (Å²) in [5.74, 6) is 0.651. The molecule has 1 amide bonds. The molecule has 0 fully saturated rings. The number of thiazole rings is 1. The van der Waals surface area contributed by atoms with Crippen molar-refractivity contribution in [2.45, 2.75) is 47.6 Å². The molecule has 0 aromatic carbocycles. The molecule has 1 unspecified atom stereocenters. The molecule has 0 bridgehead atoms. The lowest BCUT2D eigenvalue weighted by Gasteiger charge is -2.27. The zero-order valence-electron chi connectivity index (χ0n) is 13.2. The van der Waals surface area contributed by atoms with Crippen molar-refractivity contribution >= 4 is 28.2 Å². The number of nitrogens with one attached hydrogen (secondary N) is 2. The monoisotopic (exact) mass is 298 g/mol. The van der Waals surface area contributed by atoms with Crippen molar-refractivity contribution in [2.75, 3.05) is 17.6 Å². The summed E-state index contributed by atoms with van der Waals surface area (Å²) >= 11 is 1.30. The molecule has 0 aliphatic carbocycles. The highest BCUT2D eigenvalue weighted by molar-refractivity contribution is 7.18. The third-order valence-corrected chi connectivity index (χ3v) is 4.20. The van der Waals surface area contributed by atoms with Gasteiger partial charge in [0, 0.05) is 12.6 Å². The van der Waals surface area contributed by atoms with Gasteiger partial charge in [0.05, 0.1) is 0 Å². The normalized spacial score (nSPS) is 13.3. The standard InChI is InChI=1S/C14H26N4OS/c1-8(2)7-16-13-18-11(15)10(20-13)12(19)17-9(3)14(4,5)6/h8-9H,7,15H2,1-6H3,(H,16,18)(H,17,19). The Balaban J connectivity index is 2.74. The average Bonchev–Trinajstić information content (AvgIpc) is 2.66. The van der Waals surface area contributed by atoms with Gasteiger partial charge in [-0.15, -0.1) is 0 Å². The minimum Gasteiger partial charge on any atom is -0.382 e. The van der Waals surface area contributed by atoms with E-state index in [1.54, 1.807) is 0 Å². The van der Waals surface area contributed by atoms with Gasteiger partial charge in [-0.3, -0.25) is 4.79 Å². The number of carbonyl (C=O) groups excluding carboxylic acids is 1. The molecule has 0 radical (unpaired) electrons. The van der Waals surface area contributed by atoms with E-state index in [0.29, 0.717) is 21.7 Å². The van der Waals surface area contributed by atoms with Crippen LogP contribution in [0, 0.1) is 11.3 Å². The number of hydrogen-bond donors (Lipinski definition) is 3. The van der Waals surface area contributed by atoms with Gasteiger partial charge < -0.3 is 16.4 Å². The van der Waals surface area contributed by atoms with Crippen molar-refractivity contribution in [1.29, 1.82) is 0 Å². The minimum absolute atomic E-state index is 0.00777. The first-order valence-corrected chi connectivity index (χ1v) is 7.74. The molecular weight excluding hydrogens is 272 g/mol. The Kier molecular flexibility index (Phi) is 5.39. The van der Waals surface area contributed by atoms with E-state index in [1.807, 2.05) is 6.92 Å².